The third-order valence-electron chi connectivity index (χ3n) is 3.05. The normalized spacial score (nSPS) is 51.9. The van der Waals surface area contributed by atoms with Crippen LogP contribution in [0, 0.1) is 17.8 Å². The zero-order chi connectivity index (χ0) is 7.02. The van der Waals surface area contributed by atoms with E-state index in [2.05, 4.69) is 20.8 Å². The molecular formula is C8H15B. The molecule has 0 amide bonds. The zero-order valence-electron chi connectivity index (χ0n) is 6.59. The fourth-order valence-electron chi connectivity index (χ4n) is 1.77. The standard InChI is InChI=1S/C8H15B/c1-5-4-8(9)7(3)6(5)2/h5-8H,4H2,1-3H3/t5?,6-,7?,8?/m0/s1. The largest absolute Gasteiger partial charge is 0.0743 e. The van der Waals surface area contributed by atoms with Crippen molar-refractivity contribution in [2.75, 3.05) is 0 Å². The van der Waals surface area contributed by atoms with E-state index in [4.69, 9.17) is 7.85 Å². The van der Waals surface area contributed by atoms with E-state index in [9.17, 15) is 0 Å². The predicted octanol–water partition coefficient (Wildman–Crippen LogP) is 2.26. The summed E-state index contributed by atoms with van der Waals surface area (Å²) in [5.41, 5.74) is 0. The number of rotatable bonds is 0. The van der Waals surface area contributed by atoms with E-state index in [1.54, 1.807) is 0 Å². The molecule has 1 saturated carbocycles. The summed E-state index contributed by atoms with van der Waals surface area (Å²) in [5, 5.41) is 0. The summed E-state index contributed by atoms with van der Waals surface area (Å²) >= 11 is 0. The highest BCUT2D eigenvalue weighted by molar-refractivity contribution is 6.12. The molecule has 0 nitrogen and oxygen atoms in total. The van der Waals surface area contributed by atoms with Crippen LogP contribution in [0.15, 0.2) is 0 Å². The van der Waals surface area contributed by atoms with E-state index in [-0.39, 0.29) is 0 Å². The van der Waals surface area contributed by atoms with Crippen LogP contribution in [0.25, 0.3) is 0 Å². The minimum absolute atomic E-state index is 0.468. The Hall–Kier alpha value is 0.0649. The molecule has 0 aromatic rings. The molecule has 1 aliphatic rings. The molecule has 0 aromatic carbocycles. The molecule has 0 aliphatic heterocycles. The molecule has 0 N–H and O–H groups in total. The lowest BCUT2D eigenvalue weighted by Gasteiger charge is -2.14. The summed E-state index contributed by atoms with van der Waals surface area (Å²) < 4.78 is 0. The van der Waals surface area contributed by atoms with Gasteiger partial charge in [0.25, 0.3) is 0 Å². The Kier molecular flexibility index (Phi) is 1.88. The van der Waals surface area contributed by atoms with Crippen molar-refractivity contribution in [2.45, 2.75) is 33.0 Å². The van der Waals surface area contributed by atoms with Crippen molar-refractivity contribution < 1.29 is 0 Å². The molecule has 0 aromatic heterocycles. The smallest absolute Gasteiger partial charge is 0.0703 e. The molecule has 1 rings (SSSR count). The van der Waals surface area contributed by atoms with Crippen molar-refractivity contribution in [3.63, 3.8) is 0 Å². The van der Waals surface area contributed by atoms with Gasteiger partial charge >= 0.3 is 0 Å². The van der Waals surface area contributed by atoms with Gasteiger partial charge in [-0.1, -0.05) is 33.0 Å². The van der Waals surface area contributed by atoms with Crippen LogP contribution in [0.3, 0.4) is 0 Å². The Bertz CT molecular complexity index is 88.7. The van der Waals surface area contributed by atoms with E-state index < -0.39 is 0 Å². The minimum atomic E-state index is 0.468. The van der Waals surface area contributed by atoms with Crippen LogP contribution < -0.4 is 0 Å². The molecule has 3 unspecified atom stereocenters. The van der Waals surface area contributed by atoms with Crippen molar-refractivity contribution in [3.8, 4) is 0 Å². The first-order valence-electron chi connectivity index (χ1n) is 3.88. The van der Waals surface area contributed by atoms with Gasteiger partial charge < -0.3 is 0 Å². The summed E-state index contributed by atoms with van der Waals surface area (Å²) in [6, 6.07) is 0. The average molecular weight is 122 g/mol. The topological polar surface area (TPSA) is 0 Å². The molecule has 50 valence electrons. The molecule has 9 heavy (non-hydrogen) atoms. The highest BCUT2D eigenvalue weighted by Crippen LogP contribution is 2.42. The van der Waals surface area contributed by atoms with Gasteiger partial charge in [0.05, 0.1) is 7.85 Å². The van der Waals surface area contributed by atoms with Crippen LogP contribution in [0.1, 0.15) is 27.2 Å². The molecule has 1 heteroatoms. The summed E-state index contributed by atoms with van der Waals surface area (Å²) in [4.78, 5) is 0. The van der Waals surface area contributed by atoms with Gasteiger partial charge in [-0.05, 0) is 17.8 Å². The van der Waals surface area contributed by atoms with Gasteiger partial charge in [-0.3, -0.25) is 0 Å². The molecule has 1 fully saturated rings. The maximum Gasteiger partial charge on any atom is 0.0703 e. The number of hydrogen-bond acceptors (Lipinski definition) is 0. The third kappa shape index (κ3) is 1.15. The van der Waals surface area contributed by atoms with Crippen LogP contribution in [0.5, 0.6) is 0 Å². The minimum Gasteiger partial charge on any atom is -0.0743 e. The second-order valence-corrected chi connectivity index (χ2v) is 3.60. The zero-order valence-corrected chi connectivity index (χ0v) is 6.59. The lowest BCUT2D eigenvalue weighted by molar-refractivity contribution is 0.380. The molecule has 0 spiro atoms. The Morgan fingerprint density at radius 3 is 1.78 bits per heavy atom. The van der Waals surface area contributed by atoms with Gasteiger partial charge in [0.1, 0.15) is 0 Å². The van der Waals surface area contributed by atoms with Gasteiger partial charge in [0, 0.05) is 0 Å². The van der Waals surface area contributed by atoms with Gasteiger partial charge in [-0.25, -0.2) is 0 Å². The maximum atomic E-state index is 5.86. The molecule has 0 bridgehead atoms. The van der Waals surface area contributed by atoms with Crippen molar-refractivity contribution in [1.29, 1.82) is 0 Å². The SMILES string of the molecule is [B]C1CC(C)[C@H](C)C1C. The Morgan fingerprint density at radius 2 is 1.67 bits per heavy atom. The Morgan fingerprint density at radius 1 is 1.11 bits per heavy atom. The van der Waals surface area contributed by atoms with Gasteiger partial charge in [-0.15, -0.1) is 0 Å². The van der Waals surface area contributed by atoms with Gasteiger partial charge in [0.2, 0.25) is 0 Å². The first-order valence-corrected chi connectivity index (χ1v) is 3.88. The monoisotopic (exact) mass is 122 g/mol. The van der Waals surface area contributed by atoms with Gasteiger partial charge in [-0.2, -0.15) is 0 Å². The van der Waals surface area contributed by atoms with Crippen molar-refractivity contribution >= 4 is 7.85 Å². The van der Waals surface area contributed by atoms with Crippen LogP contribution in [-0.4, -0.2) is 7.85 Å². The Balaban J connectivity index is 2.54. The first-order chi connectivity index (χ1) is 4.13. The third-order valence-corrected chi connectivity index (χ3v) is 3.05. The fourth-order valence-corrected chi connectivity index (χ4v) is 1.77. The van der Waals surface area contributed by atoms with Crippen LogP contribution in [0.4, 0.5) is 0 Å². The Labute approximate surface area is 59.4 Å². The van der Waals surface area contributed by atoms with E-state index in [1.807, 2.05) is 0 Å². The fraction of sp³-hybridized carbons (Fsp3) is 1.00. The molecule has 0 heterocycles. The lowest BCUT2D eigenvalue weighted by atomic mass is 9.78. The molecule has 0 saturated heterocycles. The molecule has 4 atom stereocenters. The molecule has 2 radical (unpaired) electrons. The van der Waals surface area contributed by atoms with Crippen LogP contribution >= 0.6 is 0 Å². The van der Waals surface area contributed by atoms with Gasteiger partial charge in [0.15, 0.2) is 0 Å². The highest BCUT2D eigenvalue weighted by atomic mass is 14.3. The van der Waals surface area contributed by atoms with Crippen molar-refractivity contribution in [3.05, 3.63) is 0 Å². The van der Waals surface area contributed by atoms with Crippen LogP contribution in [-0.2, 0) is 0 Å². The molecular weight excluding hydrogens is 107 g/mol. The summed E-state index contributed by atoms with van der Waals surface area (Å²) in [7, 11) is 5.86. The number of hydrogen-bond donors (Lipinski definition) is 0. The van der Waals surface area contributed by atoms with E-state index in [0.717, 1.165) is 17.8 Å². The lowest BCUT2D eigenvalue weighted by Crippen LogP contribution is -2.06. The summed E-state index contributed by atoms with van der Waals surface area (Å²) in [6.07, 6.45) is 1.22. The predicted molar refractivity (Wildman–Crippen MR) is 41.6 cm³/mol. The second kappa shape index (κ2) is 2.36. The van der Waals surface area contributed by atoms with E-state index in [0.29, 0.717) is 5.82 Å². The van der Waals surface area contributed by atoms with Crippen LogP contribution in [0.2, 0.25) is 5.82 Å². The summed E-state index contributed by atoms with van der Waals surface area (Å²) in [5.74, 6) is 2.88. The highest BCUT2D eigenvalue weighted by Gasteiger charge is 2.31. The first kappa shape index (κ1) is 7.18. The van der Waals surface area contributed by atoms with E-state index in [1.165, 1.54) is 6.42 Å². The maximum absolute atomic E-state index is 5.86. The van der Waals surface area contributed by atoms with Crippen molar-refractivity contribution in [1.82, 2.24) is 0 Å². The quantitative estimate of drug-likeness (QED) is 0.432. The summed E-state index contributed by atoms with van der Waals surface area (Å²) in [6.45, 7) is 6.87. The second-order valence-electron chi connectivity index (χ2n) is 3.60. The van der Waals surface area contributed by atoms with E-state index >= 15 is 0 Å². The molecule has 1 aliphatic carbocycles. The van der Waals surface area contributed by atoms with Crippen molar-refractivity contribution in [2.24, 2.45) is 17.8 Å². The average Bonchev–Trinajstić information content (AvgIpc) is 1.98.